The van der Waals surface area contributed by atoms with E-state index in [-0.39, 0.29) is 0 Å². The number of fused-ring (bicyclic) bond motifs is 1. The van der Waals surface area contributed by atoms with Crippen LogP contribution in [0.5, 0.6) is 0 Å². The van der Waals surface area contributed by atoms with Gasteiger partial charge in [-0.05, 0) is 13.8 Å². The number of H-pyrrole nitrogens is 1. The van der Waals surface area contributed by atoms with Crippen molar-refractivity contribution < 1.29 is 0 Å². The van der Waals surface area contributed by atoms with Crippen LogP contribution in [0.1, 0.15) is 22.8 Å². The smallest absolute Gasteiger partial charge is 0.236 e. The van der Waals surface area contributed by atoms with Crippen LogP contribution in [0.4, 0.5) is 5.13 Å². The molecular weight excluding hydrogens is 238 g/mol. The highest BCUT2D eigenvalue weighted by Gasteiger charge is 2.14. The predicted molar refractivity (Wildman–Crippen MR) is 63.9 cm³/mol. The van der Waals surface area contributed by atoms with Crippen LogP contribution in [0.25, 0.3) is 4.96 Å². The van der Waals surface area contributed by atoms with Gasteiger partial charge in [0.1, 0.15) is 0 Å². The molecule has 0 spiro atoms. The van der Waals surface area contributed by atoms with Crippen LogP contribution >= 0.6 is 11.3 Å². The molecule has 0 bridgehead atoms. The highest BCUT2D eigenvalue weighted by Crippen LogP contribution is 2.18. The highest BCUT2D eigenvalue weighted by molar-refractivity contribution is 7.20. The van der Waals surface area contributed by atoms with Gasteiger partial charge < -0.3 is 5.73 Å². The molecule has 0 aromatic carbocycles. The van der Waals surface area contributed by atoms with Gasteiger partial charge in [-0.25, -0.2) is 0 Å². The lowest BCUT2D eigenvalue weighted by Crippen LogP contribution is -2.00. The number of nitrogen functional groups attached to an aromatic ring is 1. The topological polar surface area (TPSA) is 97.8 Å². The maximum Gasteiger partial charge on any atom is 0.236 e. The van der Waals surface area contributed by atoms with Crippen molar-refractivity contribution >= 4 is 21.4 Å². The number of aromatic nitrogens is 6. The van der Waals surface area contributed by atoms with Crippen molar-refractivity contribution in [2.75, 3.05) is 5.73 Å². The monoisotopic (exact) mass is 249 g/mol. The molecule has 17 heavy (non-hydrogen) atoms. The van der Waals surface area contributed by atoms with E-state index in [0.29, 0.717) is 11.6 Å². The summed E-state index contributed by atoms with van der Waals surface area (Å²) in [6, 6.07) is 0. The fourth-order valence-electron chi connectivity index (χ4n) is 1.78. The number of anilines is 1. The van der Waals surface area contributed by atoms with Gasteiger partial charge in [-0.3, -0.25) is 5.10 Å². The number of rotatable bonds is 2. The molecular formula is C9H11N7S. The summed E-state index contributed by atoms with van der Waals surface area (Å²) in [5.74, 6) is 0.778. The minimum absolute atomic E-state index is 0.497. The Labute approximate surface area is 101 Å². The molecule has 8 heteroatoms. The Morgan fingerprint density at radius 3 is 2.88 bits per heavy atom. The van der Waals surface area contributed by atoms with Gasteiger partial charge in [0.2, 0.25) is 10.1 Å². The first kappa shape index (κ1) is 10.2. The second-order valence-electron chi connectivity index (χ2n) is 3.84. The molecule has 88 valence electrons. The summed E-state index contributed by atoms with van der Waals surface area (Å²) in [6.45, 7) is 3.95. The molecule has 0 aliphatic carbocycles. The fourth-order valence-corrected chi connectivity index (χ4v) is 2.40. The maximum atomic E-state index is 5.64. The second-order valence-corrected chi connectivity index (χ2v) is 4.83. The summed E-state index contributed by atoms with van der Waals surface area (Å²) in [7, 11) is 0. The average Bonchev–Trinajstić information content (AvgIpc) is 2.90. The van der Waals surface area contributed by atoms with E-state index in [0.717, 1.165) is 27.7 Å². The number of hydrogen-bond donors (Lipinski definition) is 2. The summed E-state index contributed by atoms with van der Waals surface area (Å²) in [5, 5.41) is 19.9. The van der Waals surface area contributed by atoms with Crippen molar-refractivity contribution in [3.05, 3.63) is 22.8 Å². The molecule has 0 aliphatic rings. The van der Waals surface area contributed by atoms with Crippen LogP contribution in [0, 0.1) is 13.8 Å². The molecule has 3 aromatic rings. The first-order valence-corrected chi connectivity index (χ1v) is 5.94. The van der Waals surface area contributed by atoms with Gasteiger partial charge in [0.15, 0.2) is 5.82 Å². The van der Waals surface area contributed by atoms with Gasteiger partial charge in [0, 0.05) is 17.7 Å². The summed E-state index contributed by atoms with van der Waals surface area (Å²) in [6.07, 6.45) is 0.651. The molecule has 0 saturated carbocycles. The molecule has 0 fully saturated rings. The molecule has 3 aromatic heterocycles. The minimum atomic E-state index is 0.497. The Morgan fingerprint density at radius 2 is 2.18 bits per heavy atom. The third-order valence-corrected chi connectivity index (χ3v) is 3.41. The number of nitrogens with two attached hydrogens (primary N) is 1. The zero-order valence-corrected chi connectivity index (χ0v) is 10.2. The number of aromatic amines is 1. The lowest BCUT2D eigenvalue weighted by Gasteiger charge is -1.97. The van der Waals surface area contributed by atoms with Crippen LogP contribution in [-0.4, -0.2) is 30.0 Å². The number of aryl methyl sites for hydroxylation is 2. The van der Waals surface area contributed by atoms with Gasteiger partial charge in [-0.1, -0.05) is 11.3 Å². The third kappa shape index (κ3) is 1.57. The molecule has 3 heterocycles. The Kier molecular flexibility index (Phi) is 2.11. The summed E-state index contributed by atoms with van der Waals surface area (Å²) in [4.78, 5) is 0.719. The van der Waals surface area contributed by atoms with Crippen LogP contribution in [0.2, 0.25) is 0 Å². The maximum absolute atomic E-state index is 5.64. The summed E-state index contributed by atoms with van der Waals surface area (Å²) >= 11 is 1.33. The molecule has 3 N–H and O–H groups in total. The Morgan fingerprint density at radius 1 is 1.35 bits per heavy atom. The van der Waals surface area contributed by atoms with Crippen LogP contribution in [-0.2, 0) is 6.42 Å². The largest absolute Gasteiger partial charge is 0.374 e. The summed E-state index contributed by atoms with van der Waals surface area (Å²) in [5.41, 5.74) is 8.79. The SMILES string of the molecule is Cc1n[nH]c(C)c1Cc1nnc2sc(N)nn12. The lowest BCUT2D eigenvalue weighted by molar-refractivity contribution is 0.850. The molecule has 3 rings (SSSR count). The van der Waals surface area contributed by atoms with Crippen molar-refractivity contribution in [1.82, 2.24) is 30.0 Å². The molecule has 0 atom stereocenters. The fraction of sp³-hybridized carbons (Fsp3) is 0.333. The van der Waals surface area contributed by atoms with Gasteiger partial charge in [-0.15, -0.1) is 15.3 Å². The molecule has 7 nitrogen and oxygen atoms in total. The number of hydrogen-bond acceptors (Lipinski definition) is 6. The van der Waals surface area contributed by atoms with E-state index in [1.54, 1.807) is 4.52 Å². The standard InChI is InChI=1S/C9H11N7S/c1-4-6(5(2)12-11-4)3-7-13-14-9-16(7)15-8(10)17-9/h3H2,1-2H3,(H2,10,15)(H,11,12). The van der Waals surface area contributed by atoms with Crippen LogP contribution in [0.15, 0.2) is 0 Å². The minimum Gasteiger partial charge on any atom is -0.374 e. The van der Waals surface area contributed by atoms with Crippen molar-refractivity contribution in [2.45, 2.75) is 20.3 Å². The van der Waals surface area contributed by atoms with Crippen LogP contribution < -0.4 is 5.73 Å². The van der Waals surface area contributed by atoms with Crippen molar-refractivity contribution in [3.63, 3.8) is 0 Å². The zero-order valence-electron chi connectivity index (χ0n) is 9.43. The third-order valence-electron chi connectivity index (χ3n) is 2.69. The Balaban J connectivity index is 2.05. The van der Waals surface area contributed by atoms with Gasteiger partial charge in [0.25, 0.3) is 0 Å². The predicted octanol–water partition coefficient (Wildman–Crippen LogP) is 0.699. The van der Waals surface area contributed by atoms with E-state index >= 15 is 0 Å². The average molecular weight is 249 g/mol. The Bertz CT molecular complexity index is 657. The molecule has 0 saturated heterocycles. The Hall–Kier alpha value is -1.96. The molecule has 0 radical (unpaired) electrons. The van der Waals surface area contributed by atoms with E-state index in [1.165, 1.54) is 11.3 Å². The van der Waals surface area contributed by atoms with Gasteiger partial charge in [0.05, 0.1) is 5.69 Å². The lowest BCUT2D eigenvalue weighted by atomic mass is 10.1. The highest BCUT2D eigenvalue weighted by atomic mass is 32.1. The van der Waals surface area contributed by atoms with E-state index in [4.69, 9.17) is 5.73 Å². The molecule has 0 aliphatic heterocycles. The van der Waals surface area contributed by atoms with E-state index in [2.05, 4.69) is 25.5 Å². The van der Waals surface area contributed by atoms with Gasteiger partial charge >= 0.3 is 0 Å². The van der Waals surface area contributed by atoms with E-state index in [1.807, 2.05) is 13.8 Å². The van der Waals surface area contributed by atoms with Crippen molar-refractivity contribution in [2.24, 2.45) is 0 Å². The first-order chi connectivity index (χ1) is 8.15. The van der Waals surface area contributed by atoms with Crippen LogP contribution in [0.3, 0.4) is 0 Å². The number of nitrogens with zero attached hydrogens (tertiary/aromatic N) is 5. The molecule has 0 amide bonds. The second kappa shape index (κ2) is 3.52. The quantitative estimate of drug-likeness (QED) is 0.696. The van der Waals surface area contributed by atoms with Crippen molar-refractivity contribution in [3.8, 4) is 0 Å². The first-order valence-electron chi connectivity index (χ1n) is 5.12. The summed E-state index contributed by atoms with van der Waals surface area (Å²) < 4.78 is 1.69. The van der Waals surface area contributed by atoms with Crippen molar-refractivity contribution in [1.29, 1.82) is 0 Å². The number of nitrogens with one attached hydrogen (secondary N) is 1. The zero-order chi connectivity index (χ0) is 12.0. The van der Waals surface area contributed by atoms with Gasteiger partial charge in [-0.2, -0.15) is 9.61 Å². The van der Waals surface area contributed by atoms with E-state index < -0.39 is 0 Å². The normalized spacial score (nSPS) is 11.4. The van der Waals surface area contributed by atoms with E-state index in [9.17, 15) is 0 Å². The molecule has 0 unspecified atom stereocenters.